The molecule has 22 heavy (non-hydrogen) atoms. The first-order chi connectivity index (χ1) is 10.7. The molecule has 2 rings (SSSR count). The van der Waals surface area contributed by atoms with Crippen molar-refractivity contribution in [2.75, 3.05) is 19.7 Å². The molecule has 0 radical (unpaired) electrons. The molecule has 118 valence electrons. The van der Waals surface area contributed by atoms with Crippen LogP contribution in [-0.4, -0.2) is 35.8 Å². The highest BCUT2D eigenvalue weighted by atomic mass is 19.1. The van der Waals surface area contributed by atoms with Crippen LogP contribution in [0.3, 0.4) is 0 Å². The molecule has 0 saturated heterocycles. The molecule has 0 unspecified atom stereocenters. The highest BCUT2D eigenvalue weighted by Gasteiger charge is 2.11. The maximum atomic E-state index is 12.8. The summed E-state index contributed by atoms with van der Waals surface area (Å²) in [4.78, 5) is 2.16. The number of rotatable bonds is 8. The Morgan fingerprint density at radius 1 is 1.09 bits per heavy atom. The van der Waals surface area contributed by atoms with Crippen LogP contribution in [0.2, 0.25) is 0 Å². The van der Waals surface area contributed by atoms with Gasteiger partial charge >= 0.3 is 0 Å². The summed E-state index contributed by atoms with van der Waals surface area (Å²) in [5.74, 6) is 0.263. The molecule has 0 aliphatic rings. The number of aliphatic hydroxyl groups is 1. The molecule has 1 atom stereocenters. The van der Waals surface area contributed by atoms with E-state index < -0.39 is 6.10 Å². The summed E-state index contributed by atoms with van der Waals surface area (Å²) in [6.07, 6.45) is -0.589. The van der Waals surface area contributed by atoms with Gasteiger partial charge in [0.25, 0.3) is 0 Å². The molecule has 0 aromatic heterocycles. The summed E-state index contributed by atoms with van der Waals surface area (Å²) >= 11 is 0. The molecule has 1 N–H and O–H groups in total. The maximum Gasteiger partial charge on any atom is 0.123 e. The van der Waals surface area contributed by atoms with Gasteiger partial charge in [0.2, 0.25) is 0 Å². The number of likely N-dealkylation sites (N-methyl/N-ethyl adjacent to an activating group) is 1. The van der Waals surface area contributed by atoms with E-state index in [1.54, 1.807) is 12.1 Å². The van der Waals surface area contributed by atoms with Gasteiger partial charge in [0.1, 0.15) is 24.3 Å². The van der Waals surface area contributed by atoms with Crippen LogP contribution >= 0.6 is 0 Å². The topological polar surface area (TPSA) is 32.7 Å². The standard InChI is InChI=1S/C18H22FNO2/c1-2-20(12-15-6-4-3-5-7-15)13-17(21)14-22-18-10-8-16(19)9-11-18/h3-11,17,21H,2,12-14H2,1H3/t17-/m1/s1. The predicted molar refractivity (Wildman–Crippen MR) is 85.3 cm³/mol. The Hall–Kier alpha value is -1.91. The van der Waals surface area contributed by atoms with Crippen molar-refractivity contribution in [3.05, 3.63) is 66.0 Å². The fourth-order valence-electron chi connectivity index (χ4n) is 2.22. The number of benzene rings is 2. The molecule has 3 nitrogen and oxygen atoms in total. The van der Waals surface area contributed by atoms with Crippen molar-refractivity contribution < 1.29 is 14.2 Å². The van der Waals surface area contributed by atoms with Crippen molar-refractivity contribution in [3.8, 4) is 5.75 Å². The smallest absolute Gasteiger partial charge is 0.123 e. The number of aliphatic hydroxyl groups excluding tert-OH is 1. The van der Waals surface area contributed by atoms with Crippen molar-refractivity contribution in [1.82, 2.24) is 4.90 Å². The molecule has 0 heterocycles. The third-order valence-electron chi connectivity index (χ3n) is 3.42. The number of hydrogen-bond donors (Lipinski definition) is 1. The lowest BCUT2D eigenvalue weighted by Crippen LogP contribution is -2.35. The Labute approximate surface area is 131 Å². The van der Waals surface area contributed by atoms with Crippen LogP contribution in [0.4, 0.5) is 4.39 Å². The molecular formula is C18H22FNO2. The number of ether oxygens (including phenoxy) is 1. The molecule has 0 aliphatic heterocycles. The van der Waals surface area contributed by atoms with Gasteiger partial charge in [-0.3, -0.25) is 4.90 Å². The van der Waals surface area contributed by atoms with Crippen molar-refractivity contribution in [3.63, 3.8) is 0 Å². The van der Waals surface area contributed by atoms with Gasteiger partial charge in [-0.25, -0.2) is 4.39 Å². The van der Waals surface area contributed by atoms with Gasteiger partial charge in [-0.1, -0.05) is 37.3 Å². The molecular weight excluding hydrogens is 281 g/mol. The van der Waals surface area contributed by atoms with E-state index in [4.69, 9.17) is 4.74 Å². The Bertz CT molecular complexity index is 545. The zero-order valence-corrected chi connectivity index (χ0v) is 12.8. The lowest BCUT2D eigenvalue weighted by Gasteiger charge is -2.23. The summed E-state index contributed by atoms with van der Waals surface area (Å²) < 4.78 is 18.3. The number of nitrogens with zero attached hydrogens (tertiary/aromatic N) is 1. The van der Waals surface area contributed by atoms with Crippen molar-refractivity contribution in [2.45, 2.75) is 19.6 Å². The fourth-order valence-corrected chi connectivity index (χ4v) is 2.22. The van der Waals surface area contributed by atoms with E-state index in [9.17, 15) is 9.50 Å². The zero-order valence-electron chi connectivity index (χ0n) is 12.8. The van der Waals surface area contributed by atoms with Crippen LogP contribution in [0.15, 0.2) is 54.6 Å². The minimum atomic E-state index is -0.589. The normalized spacial score (nSPS) is 12.4. The van der Waals surface area contributed by atoms with Crippen molar-refractivity contribution in [1.29, 1.82) is 0 Å². The summed E-state index contributed by atoms with van der Waals surface area (Å²) in [5, 5.41) is 10.1. The largest absolute Gasteiger partial charge is 0.491 e. The van der Waals surface area contributed by atoms with Gasteiger partial charge in [0, 0.05) is 13.1 Å². The Morgan fingerprint density at radius 3 is 2.41 bits per heavy atom. The second kappa shape index (κ2) is 8.51. The second-order valence-corrected chi connectivity index (χ2v) is 5.23. The highest BCUT2D eigenvalue weighted by molar-refractivity contribution is 5.22. The van der Waals surface area contributed by atoms with Gasteiger partial charge in [0.05, 0.1) is 0 Å². The zero-order chi connectivity index (χ0) is 15.8. The van der Waals surface area contributed by atoms with Crippen LogP contribution in [0.25, 0.3) is 0 Å². The molecule has 2 aromatic carbocycles. The van der Waals surface area contributed by atoms with E-state index in [1.165, 1.54) is 17.7 Å². The van der Waals surface area contributed by atoms with Gasteiger partial charge in [-0.2, -0.15) is 0 Å². The Morgan fingerprint density at radius 2 is 1.77 bits per heavy atom. The molecule has 0 saturated carbocycles. The minimum absolute atomic E-state index is 0.191. The van der Waals surface area contributed by atoms with E-state index in [-0.39, 0.29) is 12.4 Å². The molecule has 0 bridgehead atoms. The lowest BCUT2D eigenvalue weighted by atomic mass is 10.2. The molecule has 0 fully saturated rings. The Balaban J connectivity index is 1.79. The average Bonchev–Trinajstić information content (AvgIpc) is 2.54. The lowest BCUT2D eigenvalue weighted by molar-refractivity contribution is 0.0674. The Kier molecular flexibility index (Phi) is 6.37. The number of halogens is 1. The fraction of sp³-hybridized carbons (Fsp3) is 0.333. The van der Waals surface area contributed by atoms with Crippen LogP contribution in [0, 0.1) is 5.82 Å². The van der Waals surface area contributed by atoms with Gasteiger partial charge in [-0.15, -0.1) is 0 Å². The average molecular weight is 303 g/mol. The van der Waals surface area contributed by atoms with Crippen LogP contribution in [-0.2, 0) is 6.54 Å². The quantitative estimate of drug-likeness (QED) is 0.813. The number of hydrogen-bond acceptors (Lipinski definition) is 3. The van der Waals surface area contributed by atoms with E-state index in [0.29, 0.717) is 12.3 Å². The summed E-state index contributed by atoms with van der Waals surface area (Å²) in [6, 6.07) is 16.0. The summed E-state index contributed by atoms with van der Waals surface area (Å²) in [7, 11) is 0. The third kappa shape index (κ3) is 5.47. The van der Waals surface area contributed by atoms with E-state index in [2.05, 4.69) is 24.0 Å². The monoisotopic (exact) mass is 303 g/mol. The first-order valence-electron chi connectivity index (χ1n) is 7.50. The van der Waals surface area contributed by atoms with Crippen molar-refractivity contribution in [2.24, 2.45) is 0 Å². The first kappa shape index (κ1) is 16.5. The molecule has 2 aromatic rings. The SMILES string of the molecule is CCN(Cc1ccccc1)C[C@@H](O)COc1ccc(F)cc1. The molecule has 4 heteroatoms. The van der Waals surface area contributed by atoms with Gasteiger partial charge in [0.15, 0.2) is 0 Å². The van der Waals surface area contributed by atoms with Crippen LogP contribution in [0.5, 0.6) is 5.75 Å². The van der Waals surface area contributed by atoms with E-state index in [0.717, 1.165) is 13.1 Å². The van der Waals surface area contributed by atoms with Crippen LogP contribution in [0.1, 0.15) is 12.5 Å². The summed E-state index contributed by atoms with van der Waals surface area (Å²) in [5.41, 5.74) is 1.22. The van der Waals surface area contributed by atoms with Crippen LogP contribution < -0.4 is 4.74 Å². The third-order valence-corrected chi connectivity index (χ3v) is 3.42. The summed E-state index contributed by atoms with van der Waals surface area (Å²) in [6.45, 7) is 4.44. The molecule has 0 aliphatic carbocycles. The van der Waals surface area contributed by atoms with Crippen molar-refractivity contribution >= 4 is 0 Å². The predicted octanol–water partition coefficient (Wildman–Crippen LogP) is 3.09. The molecule has 0 amide bonds. The highest BCUT2D eigenvalue weighted by Crippen LogP contribution is 2.12. The van der Waals surface area contributed by atoms with Gasteiger partial charge < -0.3 is 9.84 Å². The molecule has 0 spiro atoms. The minimum Gasteiger partial charge on any atom is -0.491 e. The second-order valence-electron chi connectivity index (χ2n) is 5.23. The van der Waals surface area contributed by atoms with Gasteiger partial charge in [-0.05, 0) is 36.4 Å². The maximum absolute atomic E-state index is 12.8. The van der Waals surface area contributed by atoms with E-state index >= 15 is 0 Å². The first-order valence-corrected chi connectivity index (χ1v) is 7.50. The van der Waals surface area contributed by atoms with E-state index in [1.807, 2.05) is 18.2 Å².